The molecule has 0 aliphatic heterocycles. The van der Waals surface area contributed by atoms with Crippen molar-refractivity contribution < 1.29 is 4.74 Å². The van der Waals surface area contributed by atoms with E-state index in [1.165, 1.54) is 0 Å². The number of anilines is 1. The molecule has 0 bridgehead atoms. The summed E-state index contributed by atoms with van der Waals surface area (Å²) in [5.74, 6) is 0. The summed E-state index contributed by atoms with van der Waals surface area (Å²) < 4.78 is 6.80. The number of hydrogen-bond acceptors (Lipinski definition) is 4. The van der Waals surface area contributed by atoms with Crippen LogP contribution >= 0.6 is 15.9 Å². The van der Waals surface area contributed by atoms with Crippen LogP contribution in [0.25, 0.3) is 0 Å². The van der Waals surface area contributed by atoms with Gasteiger partial charge in [-0.2, -0.15) is 5.26 Å². The highest BCUT2D eigenvalue weighted by atomic mass is 79.9. The quantitative estimate of drug-likeness (QED) is 0.770. The normalized spacial score (nSPS) is 21.8. The largest absolute Gasteiger partial charge is 0.384 e. The summed E-state index contributed by atoms with van der Waals surface area (Å²) in [4.78, 5) is 0. The molecule has 0 heterocycles. The standard InChI is InChI=1S/C16H22BrN3O/c17-13-2-7-16(12(10-13)11-18)20-8-1-9-21-15-5-3-14(19)4-6-15/h2,7,10,14-15,20H,1,3-6,8-9,19H2. The Labute approximate surface area is 134 Å². The maximum absolute atomic E-state index is 9.09. The Kier molecular flexibility index (Phi) is 6.50. The molecule has 1 aliphatic carbocycles. The highest BCUT2D eigenvalue weighted by Crippen LogP contribution is 2.21. The van der Waals surface area contributed by atoms with Crippen molar-refractivity contribution in [2.45, 2.75) is 44.2 Å². The van der Waals surface area contributed by atoms with E-state index in [1.54, 1.807) is 0 Å². The number of halogens is 1. The fourth-order valence-corrected chi connectivity index (χ4v) is 2.92. The van der Waals surface area contributed by atoms with Crippen molar-refractivity contribution in [2.75, 3.05) is 18.5 Å². The predicted molar refractivity (Wildman–Crippen MR) is 88.1 cm³/mol. The minimum atomic E-state index is 0.369. The third-order valence-corrected chi connectivity index (χ3v) is 4.30. The highest BCUT2D eigenvalue weighted by Gasteiger charge is 2.18. The summed E-state index contributed by atoms with van der Waals surface area (Å²) in [6.45, 7) is 1.56. The number of ether oxygens (including phenoxy) is 1. The second-order valence-electron chi connectivity index (χ2n) is 5.49. The molecule has 1 aromatic rings. The highest BCUT2D eigenvalue weighted by molar-refractivity contribution is 9.10. The number of benzene rings is 1. The lowest BCUT2D eigenvalue weighted by molar-refractivity contribution is 0.0251. The van der Waals surface area contributed by atoms with Gasteiger partial charge in [0.1, 0.15) is 6.07 Å². The lowest BCUT2D eigenvalue weighted by Crippen LogP contribution is -2.30. The van der Waals surface area contributed by atoms with Gasteiger partial charge in [0.2, 0.25) is 0 Å². The first-order chi connectivity index (χ1) is 10.2. The van der Waals surface area contributed by atoms with E-state index in [2.05, 4.69) is 27.3 Å². The van der Waals surface area contributed by atoms with E-state index >= 15 is 0 Å². The van der Waals surface area contributed by atoms with Gasteiger partial charge < -0.3 is 15.8 Å². The molecule has 0 spiro atoms. The van der Waals surface area contributed by atoms with E-state index in [0.717, 1.165) is 55.4 Å². The van der Waals surface area contributed by atoms with Crippen molar-refractivity contribution in [2.24, 2.45) is 5.73 Å². The van der Waals surface area contributed by atoms with E-state index in [9.17, 15) is 0 Å². The van der Waals surface area contributed by atoms with E-state index in [-0.39, 0.29) is 0 Å². The Balaban J connectivity index is 1.65. The Morgan fingerprint density at radius 1 is 1.33 bits per heavy atom. The lowest BCUT2D eigenvalue weighted by atomic mass is 9.94. The molecule has 1 aromatic carbocycles. The van der Waals surface area contributed by atoms with Crippen molar-refractivity contribution in [3.8, 4) is 6.07 Å². The molecule has 21 heavy (non-hydrogen) atoms. The number of nitrogens with one attached hydrogen (secondary N) is 1. The second kappa shape index (κ2) is 8.38. The minimum absolute atomic E-state index is 0.369. The average Bonchev–Trinajstić information content (AvgIpc) is 2.50. The summed E-state index contributed by atoms with van der Waals surface area (Å²) in [7, 11) is 0. The second-order valence-corrected chi connectivity index (χ2v) is 6.41. The number of nitrogens with two attached hydrogens (primary N) is 1. The Hall–Kier alpha value is -1.09. The van der Waals surface area contributed by atoms with Gasteiger partial charge in [-0.15, -0.1) is 0 Å². The fourth-order valence-electron chi connectivity index (χ4n) is 2.56. The Morgan fingerprint density at radius 2 is 2.10 bits per heavy atom. The van der Waals surface area contributed by atoms with Crippen molar-refractivity contribution >= 4 is 21.6 Å². The maximum atomic E-state index is 9.09. The minimum Gasteiger partial charge on any atom is -0.384 e. The number of nitriles is 1. The summed E-state index contributed by atoms with van der Waals surface area (Å²) in [6.07, 6.45) is 5.64. The van der Waals surface area contributed by atoms with Crippen LogP contribution in [0.15, 0.2) is 22.7 Å². The molecular formula is C16H22BrN3O. The van der Waals surface area contributed by atoms with E-state index in [0.29, 0.717) is 17.7 Å². The third kappa shape index (κ3) is 5.31. The van der Waals surface area contributed by atoms with Gasteiger partial charge in [0, 0.05) is 23.7 Å². The molecule has 1 aliphatic rings. The van der Waals surface area contributed by atoms with Gasteiger partial charge in [-0.05, 0) is 50.3 Å². The van der Waals surface area contributed by atoms with Crippen molar-refractivity contribution in [3.05, 3.63) is 28.2 Å². The molecule has 0 amide bonds. The molecule has 0 atom stereocenters. The average molecular weight is 352 g/mol. The first kappa shape index (κ1) is 16.3. The maximum Gasteiger partial charge on any atom is 0.101 e. The number of nitrogens with zero attached hydrogens (tertiary/aromatic N) is 1. The van der Waals surface area contributed by atoms with Crippen molar-refractivity contribution in [3.63, 3.8) is 0 Å². The molecule has 0 unspecified atom stereocenters. The molecule has 2 rings (SSSR count). The lowest BCUT2D eigenvalue weighted by Gasteiger charge is -2.26. The molecule has 1 saturated carbocycles. The Bertz CT molecular complexity index is 493. The van der Waals surface area contributed by atoms with Crippen LogP contribution in [0.4, 0.5) is 5.69 Å². The zero-order valence-electron chi connectivity index (χ0n) is 12.1. The van der Waals surface area contributed by atoms with Gasteiger partial charge in [0.25, 0.3) is 0 Å². The van der Waals surface area contributed by atoms with E-state index in [1.807, 2.05) is 18.2 Å². The van der Waals surface area contributed by atoms with Crippen molar-refractivity contribution in [1.29, 1.82) is 5.26 Å². The fraction of sp³-hybridized carbons (Fsp3) is 0.562. The van der Waals surface area contributed by atoms with Crippen LogP contribution in [0.3, 0.4) is 0 Å². The van der Waals surface area contributed by atoms with E-state index in [4.69, 9.17) is 15.7 Å². The zero-order valence-corrected chi connectivity index (χ0v) is 13.7. The summed E-state index contributed by atoms with van der Waals surface area (Å²) >= 11 is 3.37. The SMILES string of the molecule is N#Cc1cc(Br)ccc1NCCCOC1CCC(N)CC1. The summed E-state index contributed by atoms with van der Waals surface area (Å²) in [5.41, 5.74) is 7.42. The van der Waals surface area contributed by atoms with Crippen LogP contribution in [0.5, 0.6) is 0 Å². The van der Waals surface area contributed by atoms with Gasteiger partial charge in [-0.25, -0.2) is 0 Å². The zero-order chi connectivity index (χ0) is 15.1. The van der Waals surface area contributed by atoms with Crippen LogP contribution in [-0.2, 0) is 4.74 Å². The van der Waals surface area contributed by atoms with Gasteiger partial charge in [-0.1, -0.05) is 15.9 Å². The van der Waals surface area contributed by atoms with E-state index < -0.39 is 0 Å². The molecule has 1 fully saturated rings. The topological polar surface area (TPSA) is 71.1 Å². The molecular weight excluding hydrogens is 330 g/mol. The molecule has 114 valence electrons. The smallest absolute Gasteiger partial charge is 0.101 e. The number of rotatable bonds is 6. The number of hydrogen-bond donors (Lipinski definition) is 2. The van der Waals surface area contributed by atoms with Crippen LogP contribution < -0.4 is 11.1 Å². The Morgan fingerprint density at radius 3 is 2.81 bits per heavy atom. The van der Waals surface area contributed by atoms with Crippen LogP contribution in [-0.4, -0.2) is 25.3 Å². The summed E-state index contributed by atoms with van der Waals surface area (Å²) in [5, 5.41) is 12.4. The molecule has 0 saturated heterocycles. The summed E-state index contributed by atoms with van der Waals surface area (Å²) in [6, 6.07) is 8.25. The molecule has 0 aromatic heterocycles. The molecule has 0 radical (unpaired) electrons. The molecule has 3 N–H and O–H groups in total. The molecule has 5 heteroatoms. The van der Waals surface area contributed by atoms with Gasteiger partial charge in [0.05, 0.1) is 17.4 Å². The monoisotopic (exact) mass is 351 g/mol. The van der Waals surface area contributed by atoms with Crippen molar-refractivity contribution in [1.82, 2.24) is 0 Å². The van der Waals surface area contributed by atoms with Crippen LogP contribution in [0.2, 0.25) is 0 Å². The van der Waals surface area contributed by atoms with Gasteiger partial charge in [-0.3, -0.25) is 0 Å². The predicted octanol–water partition coefficient (Wildman–Crippen LogP) is 3.41. The molecule has 4 nitrogen and oxygen atoms in total. The van der Waals surface area contributed by atoms with Gasteiger partial charge >= 0.3 is 0 Å². The first-order valence-electron chi connectivity index (χ1n) is 7.49. The van der Waals surface area contributed by atoms with Gasteiger partial charge in [0.15, 0.2) is 0 Å². The van der Waals surface area contributed by atoms with Crippen LogP contribution in [0, 0.1) is 11.3 Å². The van der Waals surface area contributed by atoms with Crippen LogP contribution in [0.1, 0.15) is 37.7 Å². The third-order valence-electron chi connectivity index (χ3n) is 3.81. The first-order valence-corrected chi connectivity index (χ1v) is 8.29.